The molecule has 0 saturated carbocycles. The summed E-state index contributed by atoms with van der Waals surface area (Å²) in [6.07, 6.45) is -0.108. The van der Waals surface area contributed by atoms with Crippen LogP contribution in [0.2, 0.25) is 0 Å². The Bertz CT molecular complexity index is 1040. The Labute approximate surface area is 170 Å². The summed E-state index contributed by atoms with van der Waals surface area (Å²) in [5, 5.41) is 0.890. The molecular formula is C23H26N2O4. The summed E-state index contributed by atoms with van der Waals surface area (Å²) in [5.74, 6) is 1.81. The average molecular weight is 394 g/mol. The van der Waals surface area contributed by atoms with Gasteiger partial charge in [-0.3, -0.25) is 4.79 Å². The lowest BCUT2D eigenvalue weighted by Crippen LogP contribution is -2.46. The van der Waals surface area contributed by atoms with E-state index in [0.29, 0.717) is 17.9 Å². The van der Waals surface area contributed by atoms with Crippen molar-refractivity contribution < 1.29 is 18.7 Å². The molecule has 0 bridgehead atoms. The second-order valence-corrected chi connectivity index (χ2v) is 7.35. The zero-order valence-corrected chi connectivity index (χ0v) is 17.3. The number of likely N-dealkylation sites (N-methyl/N-ethyl adjacent to an activating group) is 2. The van der Waals surface area contributed by atoms with E-state index in [1.54, 1.807) is 19.1 Å². The molecule has 4 rings (SSSR count). The van der Waals surface area contributed by atoms with Crippen molar-refractivity contribution >= 4 is 22.6 Å². The van der Waals surface area contributed by atoms with Crippen LogP contribution < -0.4 is 14.4 Å². The molecule has 1 atom stereocenters. The van der Waals surface area contributed by atoms with Gasteiger partial charge in [-0.25, -0.2) is 0 Å². The Kier molecular flexibility index (Phi) is 5.09. The van der Waals surface area contributed by atoms with Gasteiger partial charge in [0, 0.05) is 24.5 Å². The first-order chi connectivity index (χ1) is 14.0. The Balaban J connectivity index is 1.53. The molecule has 1 aliphatic rings. The highest BCUT2D eigenvalue weighted by molar-refractivity contribution is 5.99. The van der Waals surface area contributed by atoms with Gasteiger partial charge in [0.25, 0.3) is 5.91 Å². The number of aryl methyl sites for hydroxylation is 1. The molecule has 0 fully saturated rings. The molecule has 1 amide bonds. The normalized spacial score (nSPS) is 15.7. The SMILES string of the molecule is CCN1C[C@H](CN(C)C(=O)c2oc3ccc(OC)cc3c2C)Oc2ccccc21. The number of carbonyl (C=O) groups excluding carboxylic acids is 1. The molecule has 3 aromatic rings. The van der Waals surface area contributed by atoms with Gasteiger partial charge in [-0.15, -0.1) is 0 Å². The molecule has 1 aromatic heterocycles. The van der Waals surface area contributed by atoms with Gasteiger partial charge in [0.1, 0.15) is 23.2 Å². The van der Waals surface area contributed by atoms with E-state index in [1.807, 2.05) is 43.3 Å². The summed E-state index contributed by atoms with van der Waals surface area (Å²) in [5.41, 5.74) is 2.60. The van der Waals surface area contributed by atoms with Gasteiger partial charge in [0.05, 0.1) is 25.9 Å². The molecule has 0 unspecified atom stereocenters. The van der Waals surface area contributed by atoms with Crippen molar-refractivity contribution in [2.24, 2.45) is 0 Å². The van der Waals surface area contributed by atoms with Gasteiger partial charge in [-0.2, -0.15) is 0 Å². The number of amides is 1. The quantitative estimate of drug-likeness (QED) is 0.652. The minimum absolute atomic E-state index is 0.108. The van der Waals surface area contributed by atoms with Crippen LogP contribution >= 0.6 is 0 Å². The molecule has 152 valence electrons. The lowest BCUT2D eigenvalue weighted by molar-refractivity contribution is 0.0681. The van der Waals surface area contributed by atoms with E-state index in [9.17, 15) is 4.79 Å². The van der Waals surface area contributed by atoms with E-state index < -0.39 is 0 Å². The van der Waals surface area contributed by atoms with Crippen LogP contribution in [-0.4, -0.2) is 50.7 Å². The van der Waals surface area contributed by atoms with E-state index >= 15 is 0 Å². The first kappa shape index (κ1) is 19.2. The van der Waals surface area contributed by atoms with Gasteiger partial charge in [-0.1, -0.05) is 12.1 Å². The number of rotatable bonds is 5. The lowest BCUT2D eigenvalue weighted by Gasteiger charge is -2.37. The molecule has 1 aliphatic heterocycles. The zero-order chi connectivity index (χ0) is 20.5. The van der Waals surface area contributed by atoms with Crippen LogP contribution in [0.5, 0.6) is 11.5 Å². The first-order valence-electron chi connectivity index (χ1n) is 9.85. The number of methoxy groups -OCH3 is 1. The fourth-order valence-electron chi connectivity index (χ4n) is 3.87. The number of benzene rings is 2. The summed E-state index contributed by atoms with van der Waals surface area (Å²) in [6.45, 7) is 6.13. The van der Waals surface area contributed by atoms with E-state index in [-0.39, 0.29) is 12.0 Å². The van der Waals surface area contributed by atoms with E-state index in [0.717, 1.165) is 41.2 Å². The third kappa shape index (κ3) is 3.50. The highest BCUT2D eigenvalue weighted by Crippen LogP contribution is 2.33. The molecular weight excluding hydrogens is 368 g/mol. The average Bonchev–Trinajstić information content (AvgIpc) is 3.08. The van der Waals surface area contributed by atoms with Crippen molar-refractivity contribution in [3.05, 3.63) is 53.8 Å². The number of anilines is 1. The molecule has 0 radical (unpaired) electrons. The molecule has 2 aromatic carbocycles. The molecule has 0 N–H and O–H groups in total. The fraction of sp³-hybridized carbons (Fsp3) is 0.348. The Morgan fingerprint density at radius 1 is 1.28 bits per heavy atom. The monoisotopic (exact) mass is 394 g/mol. The minimum Gasteiger partial charge on any atom is -0.497 e. The highest BCUT2D eigenvalue weighted by atomic mass is 16.5. The van der Waals surface area contributed by atoms with Crippen LogP contribution in [-0.2, 0) is 0 Å². The van der Waals surface area contributed by atoms with Crippen molar-refractivity contribution in [2.75, 3.05) is 38.7 Å². The third-order valence-corrected chi connectivity index (χ3v) is 5.47. The molecule has 0 aliphatic carbocycles. The van der Waals surface area contributed by atoms with Crippen LogP contribution in [0.4, 0.5) is 5.69 Å². The summed E-state index contributed by atoms with van der Waals surface area (Å²) in [4.78, 5) is 17.0. The Morgan fingerprint density at radius 2 is 2.07 bits per heavy atom. The van der Waals surface area contributed by atoms with Gasteiger partial charge >= 0.3 is 0 Å². The number of ether oxygens (including phenoxy) is 2. The second-order valence-electron chi connectivity index (χ2n) is 7.35. The van der Waals surface area contributed by atoms with Crippen LogP contribution in [0.3, 0.4) is 0 Å². The van der Waals surface area contributed by atoms with Crippen LogP contribution in [0.25, 0.3) is 11.0 Å². The number of furan rings is 1. The maximum Gasteiger partial charge on any atom is 0.289 e. The number of para-hydroxylation sites is 2. The second kappa shape index (κ2) is 7.70. The number of carbonyl (C=O) groups is 1. The Morgan fingerprint density at radius 3 is 2.83 bits per heavy atom. The van der Waals surface area contributed by atoms with Crippen molar-refractivity contribution in [3.63, 3.8) is 0 Å². The number of nitrogens with zero attached hydrogens (tertiary/aromatic N) is 2. The van der Waals surface area contributed by atoms with Crippen LogP contribution in [0, 0.1) is 6.92 Å². The Hall–Kier alpha value is -3.15. The zero-order valence-electron chi connectivity index (χ0n) is 17.3. The van der Waals surface area contributed by atoms with Gasteiger partial charge in [0.15, 0.2) is 5.76 Å². The molecule has 6 heteroatoms. The van der Waals surface area contributed by atoms with E-state index in [4.69, 9.17) is 13.9 Å². The van der Waals surface area contributed by atoms with Gasteiger partial charge in [0.2, 0.25) is 0 Å². The smallest absolute Gasteiger partial charge is 0.289 e. The van der Waals surface area contributed by atoms with Crippen LogP contribution in [0.15, 0.2) is 46.9 Å². The molecule has 6 nitrogen and oxygen atoms in total. The van der Waals surface area contributed by atoms with E-state index in [1.165, 1.54) is 0 Å². The largest absolute Gasteiger partial charge is 0.497 e. The van der Waals surface area contributed by atoms with Crippen molar-refractivity contribution in [1.82, 2.24) is 4.90 Å². The fourth-order valence-corrected chi connectivity index (χ4v) is 3.87. The maximum atomic E-state index is 13.1. The predicted octanol–water partition coefficient (Wildman–Crippen LogP) is 4.11. The third-order valence-electron chi connectivity index (χ3n) is 5.47. The number of fused-ring (bicyclic) bond motifs is 2. The van der Waals surface area contributed by atoms with Crippen molar-refractivity contribution in [3.8, 4) is 11.5 Å². The number of hydrogen-bond donors (Lipinski definition) is 0. The van der Waals surface area contributed by atoms with Crippen molar-refractivity contribution in [1.29, 1.82) is 0 Å². The lowest BCUT2D eigenvalue weighted by atomic mass is 10.1. The van der Waals surface area contributed by atoms with Crippen LogP contribution in [0.1, 0.15) is 23.0 Å². The molecule has 0 saturated heterocycles. The topological polar surface area (TPSA) is 55.2 Å². The van der Waals surface area contributed by atoms with E-state index in [2.05, 4.69) is 17.9 Å². The standard InChI is InChI=1S/C23H26N2O4/c1-5-25-14-17(28-21-9-7-6-8-19(21)25)13-24(3)23(26)22-15(2)18-12-16(27-4)10-11-20(18)29-22/h6-12,17H,5,13-14H2,1-4H3/t17-/m0/s1. The van der Waals surface area contributed by atoms with Gasteiger partial charge < -0.3 is 23.7 Å². The maximum absolute atomic E-state index is 13.1. The summed E-state index contributed by atoms with van der Waals surface area (Å²) >= 11 is 0. The first-order valence-corrected chi connectivity index (χ1v) is 9.85. The number of hydrogen-bond acceptors (Lipinski definition) is 5. The van der Waals surface area contributed by atoms with Gasteiger partial charge in [-0.05, 0) is 44.2 Å². The summed E-state index contributed by atoms with van der Waals surface area (Å²) < 4.78 is 17.3. The molecule has 2 heterocycles. The molecule has 0 spiro atoms. The van der Waals surface area contributed by atoms with Crippen molar-refractivity contribution in [2.45, 2.75) is 20.0 Å². The highest BCUT2D eigenvalue weighted by Gasteiger charge is 2.28. The predicted molar refractivity (Wildman–Crippen MR) is 113 cm³/mol. The summed E-state index contributed by atoms with van der Waals surface area (Å²) in [7, 11) is 3.41. The minimum atomic E-state index is -0.150. The summed E-state index contributed by atoms with van der Waals surface area (Å²) in [6, 6.07) is 13.6. The molecule has 29 heavy (non-hydrogen) atoms.